The number of hydrogen-bond donors (Lipinski definition) is 0. The zero-order chi connectivity index (χ0) is 9.68. The van der Waals surface area contributed by atoms with E-state index in [4.69, 9.17) is 0 Å². The van der Waals surface area contributed by atoms with Crippen molar-refractivity contribution in [2.75, 3.05) is 13.1 Å². The largest absolute Gasteiger partial charge is 0.339 e. The Balaban J connectivity index is 2.36. The van der Waals surface area contributed by atoms with Gasteiger partial charge in [0.15, 0.2) is 0 Å². The van der Waals surface area contributed by atoms with E-state index in [-0.39, 0.29) is 5.91 Å². The first kappa shape index (κ1) is 10.3. The van der Waals surface area contributed by atoms with Crippen LogP contribution in [0.15, 0.2) is 12.2 Å². The molecule has 1 rings (SSSR count). The number of carbonyl (C=O) groups is 1. The minimum Gasteiger partial charge on any atom is -0.339 e. The summed E-state index contributed by atoms with van der Waals surface area (Å²) in [5.41, 5.74) is 0. The lowest BCUT2D eigenvalue weighted by molar-refractivity contribution is -0.127. The van der Waals surface area contributed by atoms with Crippen LogP contribution in [0, 0.1) is 5.92 Å². The first-order chi connectivity index (χ1) is 6.27. The SMILES string of the molecule is CC=CC(=O)N1CCC(CC)CC1. The van der Waals surface area contributed by atoms with Gasteiger partial charge in [-0.3, -0.25) is 4.79 Å². The van der Waals surface area contributed by atoms with Crippen molar-refractivity contribution in [3.8, 4) is 0 Å². The Morgan fingerprint density at radius 3 is 2.54 bits per heavy atom. The third-order valence-electron chi connectivity index (χ3n) is 2.81. The molecule has 1 amide bonds. The zero-order valence-electron chi connectivity index (χ0n) is 8.62. The average Bonchev–Trinajstić information content (AvgIpc) is 2.18. The summed E-state index contributed by atoms with van der Waals surface area (Å²) in [4.78, 5) is 13.4. The van der Waals surface area contributed by atoms with Crippen LogP contribution in [0.5, 0.6) is 0 Å². The van der Waals surface area contributed by atoms with Gasteiger partial charge in [-0.25, -0.2) is 0 Å². The van der Waals surface area contributed by atoms with Gasteiger partial charge in [-0.15, -0.1) is 0 Å². The predicted molar refractivity (Wildman–Crippen MR) is 54.4 cm³/mol. The molecule has 1 aliphatic heterocycles. The topological polar surface area (TPSA) is 20.3 Å². The van der Waals surface area contributed by atoms with Crippen molar-refractivity contribution in [1.29, 1.82) is 0 Å². The molecule has 2 heteroatoms. The fourth-order valence-corrected chi connectivity index (χ4v) is 1.81. The Hall–Kier alpha value is -0.790. The first-order valence-corrected chi connectivity index (χ1v) is 5.19. The second-order valence-corrected chi connectivity index (χ2v) is 3.68. The summed E-state index contributed by atoms with van der Waals surface area (Å²) in [7, 11) is 0. The highest BCUT2D eigenvalue weighted by Crippen LogP contribution is 2.19. The van der Waals surface area contributed by atoms with Crippen molar-refractivity contribution in [3.63, 3.8) is 0 Å². The van der Waals surface area contributed by atoms with Gasteiger partial charge < -0.3 is 4.90 Å². The highest BCUT2D eigenvalue weighted by Gasteiger charge is 2.19. The second kappa shape index (κ2) is 5.05. The highest BCUT2D eigenvalue weighted by atomic mass is 16.2. The van der Waals surface area contributed by atoms with Crippen LogP contribution in [0.3, 0.4) is 0 Å². The van der Waals surface area contributed by atoms with Crippen molar-refractivity contribution in [2.24, 2.45) is 5.92 Å². The molecule has 1 saturated heterocycles. The number of amides is 1. The fourth-order valence-electron chi connectivity index (χ4n) is 1.81. The second-order valence-electron chi connectivity index (χ2n) is 3.68. The lowest BCUT2D eigenvalue weighted by Crippen LogP contribution is -2.37. The van der Waals surface area contributed by atoms with Crippen molar-refractivity contribution in [3.05, 3.63) is 12.2 Å². The molecule has 0 unspecified atom stereocenters. The Kier molecular flexibility index (Phi) is 4.00. The third kappa shape index (κ3) is 2.87. The summed E-state index contributed by atoms with van der Waals surface area (Å²) >= 11 is 0. The average molecular weight is 181 g/mol. The smallest absolute Gasteiger partial charge is 0.246 e. The van der Waals surface area contributed by atoms with E-state index in [9.17, 15) is 4.79 Å². The van der Waals surface area contributed by atoms with Gasteiger partial charge in [-0.2, -0.15) is 0 Å². The van der Waals surface area contributed by atoms with Crippen LogP contribution in [-0.4, -0.2) is 23.9 Å². The zero-order valence-corrected chi connectivity index (χ0v) is 8.62. The number of rotatable bonds is 2. The van der Waals surface area contributed by atoms with Gasteiger partial charge in [-0.1, -0.05) is 19.4 Å². The lowest BCUT2D eigenvalue weighted by Gasteiger charge is -2.30. The van der Waals surface area contributed by atoms with Crippen LogP contribution < -0.4 is 0 Å². The van der Waals surface area contributed by atoms with E-state index in [0.29, 0.717) is 0 Å². The van der Waals surface area contributed by atoms with E-state index >= 15 is 0 Å². The molecular formula is C11H19NO. The molecule has 0 bridgehead atoms. The van der Waals surface area contributed by atoms with Gasteiger partial charge in [0.25, 0.3) is 0 Å². The van der Waals surface area contributed by atoms with Gasteiger partial charge in [0.05, 0.1) is 0 Å². The highest BCUT2D eigenvalue weighted by molar-refractivity contribution is 5.87. The van der Waals surface area contributed by atoms with E-state index in [1.807, 2.05) is 17.9 Å². The number of carbonyl (C=O) groups excluding carboxylic acids is 1. The molecular weight excluding hydrogens is 162 g/mol. The standard InChI is InChI=1S/C11H19NO/c1-3-5-11(13)12-8-6-10(4-2)7-9-12/h3,5,10H,4,6-9H2,1-2H3. The lowest BCUT2D eigenvalue weighted by atomic mass is 9.94. The predicted octanol–water partition coefficient (Wildman–Crippen LogP) is 2.21. The Labute approximate surface area is 80.6 Å². The van der Waals surface area contributed by atoms with Crippen LogP contribution in [0.2, 0.25) is 0 Å². The fraction of sp³-hybridized carbons (Fsp3) is 0.727. The van der Waals surface area contributed by atoms with Crippen LogP contribution >= 0.6 is 0 Å². The minimum atomic E-state index is 0.178. The van der Waals surface area contributed by atoms with Gasteiger partial charge in [-0.05, 0) is 31.8 Å². The summed E-state index contributed by atoms with van der Waals surface area (Å²) in [6.45, 7) is 6.01. The number of allylic oxidation sites excluding steroid dienone is 1. The molecule has 0 aromatic rings. The number of likely N-dealkylation sites (tertiary alicyclic amines) is 1. The molecule has 1 aliphatic rings. The summed E-state index contributed by atoms with van der Waals surface area (Å²) in [6, 6.07) is 0. The summed E-state index contributed by atoms with van der Waals surface area (Å²) in [6.07, 6.45) is 7.09. The Morgan fingerprint density at radius 1 is 1.46 bits per heavy atom. The molecule has 0 radical (unpaired) electrons. The van der Waals surface area contributed by atoms with Crippen molar-refractivity contribution < 1.29 is 4.79 Å². The van der Waals surface area contributed by atoms with Crippen LogP contribution in [-0.2, 0) is 4.79 Å². The maximum atomic E-state index is 11.4. The van der Waals surface area contributed by atoms with Crippen molar-refractivity contribution >= 4 is 5.91 Å². The molecule has 0 spiro atoms. The number of piperidine rings is 1. The van der Waals surface area contributed by atoms with Gasteiger partial charge in [0.2, 0.25) is 5.91 Å². The molecule has 2 nitrogen and oxygen atoms in total. The van der Waals surface area contributed by atoms with Gasteiger partial charge in [0.1, 0.15) is 0 Å². The molecule has 0 atom stereocenters. The molecule has 1 heterocycles. The van der Waals surface area contributed by atoms with E-state index < -0.39 is 0 Å². The van der Waals surface area contributed by atoms with E-state index in [1.165, 1.54) is 19.3 Å². The molecule has 13 heavy (non-hydrogen) atoms. The molecule has 0 aromatic heterocycles. The number of nitrogens with zero attached hydrogens (tertiary/aromatic N) is 1. The van der Waals surface area contributed by atoms with E-state index in [1.54, 1.807) is 6.08 Å². The van der Waals surface area contributed by atoms with Crippen LogP contribution in [0.25, 0.3) is 0 Å². The van der Waals surface area contributed by atoms with E-state index in [0.717, 1.165) is 19.0 Å². The monoisotopic (exact) mass is 181 g/mol. The molecule has 0 saturated carbocycles. The molecule has 1 fully saturated rings. The first-order valence-electron chi connectivity index (χ1n) is 5.19. The molecule has 0 aliphatic carbocycles. The molecule has 0 aromatic carbocycles. The summed E-state index contributed by atoms with van der Waals surface area (Å²) in [5.74, 6) is 1.02. The van der Waals surface area contributed by atoms with Crippen LogP contribution in [0.4, 0.5) is 0 Å². The maximum absolute atomic E-state index is 11.4. The molecule has 0 N–H and O–H groups in total. The summed E-state index contributed by atoms with van der Waals surface area (Å²) in [5, 5.41) is 0. The number of hydrogen-bond acceptors (Lipinski definition) is 1. The molecule has 74 valence electrons. The third-order valence-corrected chi connectivity index (χ3v) is 2.81. The van der Waals surface area contributed by atoms with Crippen molar-refractivity contribution in [2.45, 2.75) is 33.1 Å². The van der Waals surface area contributed by atoms with Crippen molar-refractivity contribution in [1.82, 2.24) is 4.90 Å². The Morgan fingerprint density at radius 2 is 2.08 bits per heavy atom. The maximum Gasteiger partial charge on any atom is 0.246 e. The van der Waals surface area contributed by atoms with Gasteiger partial charge >= 0.3 is 0 Å². The van der Waals surface area contributed by atoms with Crippen LogP contribution in [0.1, 0.15) is 33.1 Å². The Bertz CT molecular complexity index is 190. The van der Waals surface area contributed by atoms with E-state index in [2.05, 4.69) is 6.92 Å². The summed E-state index contributed by atoms with van der Waals surface area (Å²) < 4.78 is 0. The minimum absolute atomic E-state index is 0.178. The normalized spacial score (nSPS) is 19.7. The van der Waals surface area contributed by atoms with Gasteiger partial charge in [0, 0.05) is 13.1 Å². The quantitative estimate of drug-likeness (QED) is 0.598.